The highest BCUT2D eigenvalue weighted by atomic mass is 16.5. The summed E-state index contributed by atoms with van der Waals surface area (Å²) < 4.78 is 6.14. The van der Waals surface area contributed by atoms with Crippen LogP contribution in [0.5, 0.6) is 0 Å². The number of hydrogen-bond acceptors (Lipinski definition) is 5. The number of aliphatic hydroxyl groups is 2. The monoisotopic (exact) mass is 426 g/mol. The molecule has 0 aliphatic heterocycles. The van der Waals surface area contributed by atoms with Gasteiger partial charge in [0.15, 0.2) is 0 Å². The molecule has 1 aliphatic carbocycles. The van der Waals surface area contributed by atoms with Crippen molar-refractivity contribution >= 4 is 11.9 Å². The van der Waals surface area contributed by atoms with Crippen LogP contribution >= 0.6 is 0 Å². The van der Waals surface area contributed by atoms with Crippen LogP contribution in [0.4, 0.5) is 0 Å². The van der Waals surface area contributed by atoms with Crippen LogP contribution in [-0.2, 0) is 14.3 Å². The Morgan fingerprint density at radius 2 is 1.83 bits per heavy atom. The number of carbonyl (C=O) groups excluding carboxylic acids is 1. The molecule has 1 rings (SSSR count). The Morgan fingerprint density at radius 3 is 2.33 bits per heavy atom. The summed E-state index contributed by atoms with van der Waals surface area (Å²) in [6.07, 6.45) is 3.36. The minimum atomic E-state index is -1.11. The molecule has 6 nitrogen and oxygen atoms in total. The molecule has 0 amide bonds. The van der Waals surface area contributed by atoms with Gasteiger partial charge in [0.2, 0.25) is 0 Å². The van der Waals surface area contributed by atoms with Gasteiger partial charge in [-0.3, -0.25) is 9.59 Å². The van der Waals surface area contributed by atoms with Crippen molar-refractivity contribution in [1.82, 2.24) is 0 Å². The molecular formula is C24H42O6. The molecule has 3 N–H and O–H groups in total. The number of aliphatic hydroxyl groups excluding tert-OH is 2. The summed E-state index contributed by atoms with van der Waals surface area (Å²) in [5.41, 5.74) is -0.680. The van der Waals surface area contributed by atoms with Gasteiger partial charge in [-0.2, -0.15) is 0 Å². The lowest BCUT2D eigenvalue weighted by molar-refractivity contribution is -0.173. The summed E-state index contributed by atoms with van der Waals surface area (Å²) in [7, 11) is 0. The predicted molar refractivity (Wildman–Crippen MR) is 117 cm³/mol. The zero-order chi connectivity index (χ0) is 23.3. The number of hydrogen-bond donors (Lipinski definition) is 3. The Labute approximate surface area is 181 Å². The molecule has 0 radical (unpaired) electrons. The Morgan fingerprint density at radius 1 is 1.23 bits per heavy atom. The maximum atomic E-state index is 12.9. The molecule has 5 atom stereocenters. The van der Waals surface area contributed by atoms with Crippen molar-refractivity contribution in [1.29, 1.82) is 0 Å². The van der Waals surface area contributed by atoms with Gasteiger partial charge in [-0.25, -0.2) is 0 Å². The van der Waals surface area contributed by atoms with E-state index in [1.54, 1.807) is 6.08 Å². The van der Waals surface area contributed by atoms with Gasteiger partial charge in [-0.15, -0.1) is 0 Å². The van der Waals surface area contributed by atoms with Gasteiger partial charge < -0.3 is 20.1 Å². The molecule has 1 aliphatic rings. The molecule has 0 heterocycles. The molecule has 0 aromatic carbocycles. The summed E-state index contributed by atoms with van der Waals surface area (Å²) in [5.74, 6) is -0.811. The topological polar surface area (TPSA) is 104 Å². The normalized spacial score (nSPS) is 26.5. The third kappa shape index (κ3) is 7.38. The van der Waals surface area contributed by atoms with E-state index in [1.807, 2.05) is 26.8 Å². The average molecular weight is 427 g/mol. The lowest BCUT2D eigenvalue weighted by atomic mass is 9.61. The van der Waals surface area contributed by atoms with Crippen LogP contribution < -0.4 is 0 Å². The van der Waals surface area contributed by atoms with Crippen molar-refractivity contribution in [2.75, 3.05) is 0 Å². The second-order valence-electron chi connectivity index (χ2n) is 10.5. The second-order valence-corrected chi connectivity index (χ2v) is 10.5. The highest BCUT2D eigenvalue weighted by Crippen LogP contribution is 2.48. The van der Waals surface area contributed by atoms with Crippen LogP contribution in [0.1, 0.15) is 80.6 Å². The molecule has 174 valence electrons. The highest BCUT2D eigenvalue weighted by molar-refractivity contribution is 5.76. The number of carbonyl (C=O) groups is 2. The second kappa shape index (κ2) is 10.8. The fraction of sp³-hybridized carbons (Fsp3) is 0.833. The van der Waals surface area contributed by atoms with Gasteiger partial charge in [-0.05, 0) is 50.4 Å². The smallest absolute Gasteiger partial charge is 0.311 e. The van der Waals surface area contributed by atoms with Crippen molar-refractivity contribution in [2.45, 2.75) is 98.9 Å². The first kappa shape index (κ1) is 26.6. The van der Waals surface area contributed by atoms with Gasteiger partial charge in [0, 0.05) is 12.3 Å². The van der Waals surface area contributed by atoms with Crippen LogP contribution in [-0.4, -0.2) is 45.6 Å². The van der Waals surface area contributed by atoms with Gasteiger partial charge in [-0.1, -0.05) is 46.8 Å². The maximum Gasteiger partial charge on any atom is 0.311 e. The van der Waals surface area contributed by atoms with Crippen LogP contribution in [0.3, 0.4) is 0 Å². The van der Waals surface area contributed by atoms with E-state index in [2.05, 4.69) is 27.7 Å². The van der Waals surface area contributed by atoms with Crippen LogP contribution in [0.15, 0.2) is 12.2 Å². The first-order valence-corrected chi connectivity index (χ1v) is 11.2. The Balaban J connectivity index is 3.10. The largest absolute Gasteiger partial charge is 0.481 e. The van der Waals surface area contributed by atoms with Gasteiger partial charge >= 0.3 is 11.9 Å². The quantitative estimate of drug-likeness (QED) is 0.357. The third-order valence-electron chi connectivity index (χ3n) is 6.80. The highest BCUT2D eigenvalue weighted by Gasteiger charge is 2.46. The van der Waals surface area contributed by atoms with E-state index >= 15 is 0 Å². The van der Waals surface area contributed by atoms with E-state index in [-0.39, 0.29) is 35.7 Å². The first-order chi connectivity index (χ1) is 13.7. The van der Waals surface area contributed by atoms with Crippen molar-refractivity contribution in [3.8, 4) is 0 Å². The lowest BCUT2D eigenvalue weighted by Gasteiger charge is -2.48. The van der Waals surface area contributed by atoms with Gasteiger partial charge in [0.1, 0.15) is 6.10 Å². The molecule has 0 spiro atoms. The van der Waals surface area contributed by atoms with Crippen molar-refractivity contribution in [2.24, 2.45) is 28.6 Å². The van der Waals surface area contributed by atoms with Crippen molar-refractivity contribution < 1.29 is 29.6 Å². The number of carboxylic acids is 1. The predicted octanol–water partition coefficient (Wildman–Crippen LogP) is 4.19. The minimum absolute atomic E-state index is 0.0448. The Kier molecular flexibility index (Phi) is 9.55. The summed E-state index contributed by atoms with van der Waals surface area (Å²) >= 11 is 0. The van der Waals surface area contributed by atoms with Crippen LogP contribution in [0, 0.1) is 28.6 Å². The summed E-state index contributed by atoms with van der Waals surface area (Å²) in [6.45, 7) is 14.4. The van der Waals surface area contributed by atoms with Crippen LogP contribution in [0.2, 0.25) is 0 Å². The van der Waals surface area contributed by atoms with E-state index in [0.29, 0.717) is 12.3 Å². The fourth-order valence-electron chi connectivity index (χ4n) is 4.14. The molecule has 30 heavy (non-hydrogen) atoms. The molecule has 1 fully saturated rings. The molecule has 1 saturated carbocycles. The molecule has 0 saturated heterocycles. The lowest BCUT2D eigenvalue weighted by Crippen LogP contribution is -2.48. The molecule has 0 bridgehead atoms. The van der Waals surface area contributed by atoms with Crippen LogP contribution in [0.25, 0.3) is 0 Å². The maximum absolute atomic E-state index is 12.9. The Hall–Kier alpha value is -1.40. The zero-order valence-corrected chi connectivity index (χ0v) is 19.7. The molecular weight excluding hydrogens is 384 g/mol. The van der Waals surface area contributed by atoms with Crippen molar-refractivity contribution in [3.05, 3.63) is 12.2 Å². The van der Waals surface area contributed by atoms with E-state index in [0.717, 1.165) is 12.8 Å². The molecule has 0 aromatic rings. The molecule has 0 aromatic heterocycles. The summed E-state index contributed by atoms with van der Waals surface area (Å²) in [4.78, 5) is 23.6. The summed E-state index contributed by atoms with van der Waals surface area (Å²) in [5, 5.41) is 28.9. The van der Waals surface area contributed by atoms with E-state index in [4.69, 9.17) is 9.84 Å². The van der Waals surface area contributed by atoms with Gasteiger partial charge in [0.25, 0.3) is 0 Å². The molecule has 6 heteroatoms. The fourth-order valence-corrected chi connectivity index (χ4v) is 4.14. The zero-order valence-electron chi connectivity index (χ0n) is 19.7. The van der Waals surface area contributed by atoms with E-state index < -0.39 is 30.0 Å². The van der Waals surface area contributed by atoms with E-state index in [1.165, 1.54) is 0 Å². The number of aliphatic carboxylic acids is 1. The third-order valence-corrected chi connectivity index (χ3v) is 6.80. The number of rotatable bonds is 10. The van der Waals surface area contributed by atoms with Gasteiger partial charge in [0.05, 0.1) is 24.0 Å². The number of ether oxygens (including phenoxy) is 1. The Bertz CT molecular complexity index is 607. The SMILES string of the molecule is CCC(C)(C)C(=O)O[C@@H]1[C@@H](C=C[C@@H](O)C[C@@H](O)CC(=O)O)C(C)(C)CC[C@H]1C(C)C. The average Bonchev–Trinajstić information content (AvgIpc) is 2.59. The standard InChI is InChI=1S/C24H42O6/c1-8-23(4,5)22(29)30-21-18(15(2)3)11-12-24(6,7)19(21)10-9-16(25)13-17(26)14-20(27)28/h9-10,15-19,21,25-26H,8,11-14H2,1-7H3,(H,27,28)/t16-,17-,18+,19-,21+/m1/s1. The summed E-state index contributed by atoms with van der Waals surface area (Å²) in [6, 6.07) is 0. The number of esters is 1. The van der Waals surface area contributed by atoms with E-state index in [9.17, 15) is 19.8 Å². The molecule has 0 unspecified atom stereocenters. The van der Waals surface area contributed by atoms with Crippen molar-refractivity contribution in [3.63, 3.8) is 0 Å². The number of carboxylic acid groups (broad SMARTS) is 1. The first-order valence-electron chi connectivity index (χ1n) is 11.2. The minimum Gasteiger partial charge on any atom is -0.481 e.